The van der Waals surface area contributed by atoms with E-state index in [4.69, 9.17) is 9.15 Å². The maximum atomic E-state index is 12.3. The van der Waals surface area contributed by atoms with Crippen molar-refractivity contribution >= 4 is 11.6 Å². The van der Waals surface area contributed by atoms with Gasteiger partial charge in [-0.3, -0.25) is 19.6 Å². The van der Waals surface area contributed by atoms with Crippen molar-refractivity contribution in [2.24, 2.45) is 0 Å². The number of ether oxygens (including phenoxy) is 1. The smallest absolute Gasteiger partial charge is 0.312 e. The molecule has 0 saturated carbocycles. The van der Waals surface area contributed by atoms with Gasteiger partial charge in [0.25, 0.3) is 5.91 Å². The van der Waals surface area contributed by atoms with E-state index in [0.29, 0.717) is 17.1 Å². The molecule has 26 heavy (non-hydrogen) atoms. The fraction of sp³-hybridized carbons (Fsp3) is 0.529. The molecule has 0 radical (unpaired) electrons. The molecular weight excluding hydrogens is 340 g/mol. The van der Waals surface area contributed by atoms with Crippen molar-refractivity contribution < 1.29 is 18.9 Å². The number of hydrogen-bond acceptors (Lipinski definition) is 6. The van der Waals surface area contributed by atoms with Gasteiger partial charge in [0, 0.05) is 6.61 Å². The molecule has 0 spiro atoms. The molecular formula is C17H22N4O5. The summed E-state index contributed by atoms with van der Waals surface area (Å²) in [6.45, 7) is 6.08. The fourth-order valence-electron chi connectivity index (χ4n) is 3.21. The van der Waals surface area contributed by atoms with Crippen LogP contribution >= 0.6 is 0 Å². The van der Waals surface area contributed by atoms with Gasteiger partial charge < -0.3 is 14.5 Å². The van der Waals surface area contributed by atoms with E-state index in [-0.39, 0.29) is 36.0 Å². The Morgan fingerprint density at radius 2 is 2.27 bits per heavy atom. The molecule has 2 aromatic heterocycles. The van der Waals surface area contributed by atoms with E-state index >= 15 is 0 Å². The first-order valence-corrected chi connectivity index (χ1v) is 8.56. The summed E-state index contributed by atoms with van der Waals surface area (Å²) in [6, 6.07) is 3.17. The zero-order valence-electron chi connectivity index (χ0n) is 15.0. The van der Waals surface area contributed by atoms with Crippen LogP contribution in [0.2, 0.25) is 0 Å². The van der Waals surface area contributed by atoms with E-state index in [1.807, 2.05) is 6.92 Å². The highest BCUT2D eigenvalue weighted by Gasteiger charge is 2.25. The first-order valence-electron chi connectivity index (χ1n) is 8.56. The first kappa shape index (κ1) is 18.1. The number of nitrogens with zero attached hydrogens (tertiary/aromatic N) is 3. The molecule has 0 aliphatic carbocycles. The minimum absolute atomic E-state index is 0.0000824. The minimum atomic E-state index is -0.443. The lowest BCUT2D eigenvalue weighted by molar-refractivity contribution is -0.386. The summed E-state index contributed by atoms with van der Waals surface area (Å²) in [5.41, 5.74) is 0.796. The average Bonchev–Trinajstić information content (AvgIpc) is 3.29. The monoisotopic (exact) mass is 362 g/mol. The van der Waals surface area contributed by atoms with E-state index < -0.39 is 4.92 Å². The predicted molar refractivity (Wildman–Crippen MR) is 92.1 cm³/mol. The summed E-state index contributed by atoms with van der Waals surface area (Å²) in [5, 5.41) is 18.1. The molecule has 1 aliphatic rings. The van der Waals surface area contributed by atoms with E-state index in [0.717, 1.165) is 19.4 Å². The Labute approximate surface area is 150 Å². The molecule has 140 valence electrons. The molecule has 3 heterocycles. The molecule has 2 aromatic rings. The summed E-state index contributed by atoms with van der Waals surface area (Å²) < 4.78 is 12.7. The molecule has 2 atom stereocenters. The van der Waals surface area contributed by atoms with Crippen molar-refractivity contribution in [1.29, 1.82) is 0 Å². The van der Waals surface area contributed by atoms with E-state index in [1.165, 1.54) is 4.68 Å². The predicted octanol–water partition coefficient (Wildman–Crippen LogP) is 2.35. The molecule has 0 aromatic carbocycles. The lowest BCUT2D eigenvalue weighted by Crippen LogP contribution is -2.40. The molecule has 0 unspecified atom stereocenters. The zero-order chi connectivity index (χ0) is 18.8. The number of nitrogens with one attached hydrogen (secondary N) is 1. The number of carbonyl (C=O) groups is 1. The third-order valence-electron chi connectivity index (χ3n) is 4.60. The quantitative estimate of drug-likeness (QED) is 0.623. The normalized spacial score (nSPS) is 18.0. The van der Waals surface area contributed by atoms with Crippen LogP contribution in [0.25, 0.3) is 0 Å². The van der Waals surface area contributed by atoms with Crippen LogP contribution in [0.3, 0.4) is 0 Å². The Morgan fingerprint density at radius 1 is 1.50 bits per heavy atom. The number of aromatic nitrogens is 2. The van der Waals surface area contributed by atoms with Crippen LogP contribution in [0.4, 0.5) is 5.69 Å². The Balaban J connectivity index is 1.67. The van der Waals surface area contributed by atoms with Crippen molar-refractivity contribution in [3.8, 4) is 0 Å². The molecule has 1 saturated heterocycles. The summed E-state index contributed by atoms with van der Waals surface area (Å²) in [7, 11) is 0. The van der Waals surface area contributed by atoms with Gasteiger partial charge in [-0.05, 0) is 45.7 Å². The molecule has 9 heteroatoms. The van der Waals surface area contributed by atoms with Crippen LogP contribution < -0.4 is 5.32 Å². The minimum Gasteiger partial charge on any atom is -0.454 e. The molecule has 0 bridgehead atoms. The van der Waals surface area contributed by atoms with Crippen LogP contribution in [0.5, 0.6) is 0 Å². The highest BCUT2D eigenvalue weighted by Crippen LogP contribution is 2.23. The number of hydrogen-bond donors (Lipinski definition) is 1. The highest BCUT2D eigenvalue weighted by atomic mass is 16.6. The molecule has 1 fully saturated rings. The van der Waals surface area contributed by atoms with Crippen molar-refractivity contribution in [1.82, 2.24) is 15.1 Å². The van der Waals surface area contributed by atoms with Gasteiger partial charge in [0.05, 0.1) is 23.6 Å². The van der Waals surface area contributed by atoms with Gasteiger partial charge in [-0.2, -0.15) is 5.10 Å². The van der Waals surface area contributed by atoms with Gasteiger partial charge in [0.1, 0.15) is 17.1 Å². The van der Waals surface area contributed by atoms with Crippen molar-refractivity contribution in [3.05, 3.63) is 45.2 Å². The number of rotatable bonds is 6. The van der Waals surface area contributed by atoms with E-state index in [2.05, 4.69) is 10.4 Å². The van der Waals surface area contributed by atoms with Gasteiger partial charge in [0.2, 0.25) is 0 Å². The standard InChI is InChI=1S/C17H22N4O5/c1-10(14-5-4-8-25-14)18-17(22)15-7-6-13(26-15)9-20-12(3)16(21(23)24)11(2)19-20/h6-7,10,14H,4-5,8-9H2,1-3H3,(H,18,22)/t10-,14-/m0/s1. The largest absolute Gasteiger partial charge is 0.454 e. The SMILES string of the molecule is Cc1nn(Cc2ccc(C(=O)N[C@@H](C)[C@@H]3CCCO3)o2)c(C)c1[N+](=O)[O-]. The van der Waals surface area contributed by atoms with Gasteiger partial charge in [-0.25, -0.2) is 0 Å². The van der Waals surface area contributed by atoms with Crippen molar-refractivity contribution in [3.63, 3.8) is 0 Å². The molecule has 3 rings (SSSR count). The lowest BCUT2D eigenvalue weighted by Gasteiger charge is -2.19. The number of aryl methyl sites for hydroxylation is 1. The Kier molecular flexibility index (Phi) is 5.08. The fourth-order valence-corrected chi connectivity index (χ4v) is 3.21. The summed E-state index contributed by atoms with van der Waals surface area (Å²) in [5.74, 6) is 0.389. The maximum Gasteiger partial charge on any atom is 0.312 e. The van der Waals surface area contributed by atoms with Crippen LogP contribution in [-0.2, 0) is 11.3 Å². The Bertz CT molecular complexity index is 819. The van der Waals surface area contributed by atoms with E-state index in [9.17, 15) is 14.9 Å². The molecule has 9 nitrogen and oxygen atoms in total. The third-order valence-corrected chi connectivity index (χ3v) is 4.60. The number of furan rings is 1. The van der Waals surface area contributed by atoms with Crippen LogP contribution in [0.15, 0.2) is 16.5 Å². The summed E-state index contributed by atoms with van der Waals surface area (Å²) in [4.78, 5) is 23.0. The van der Waals surface area contributed by atoms with Crippen molar-refractivity contribution in [2.75, 3.05) is 6.61 Å². The molecule has 1 N–H and O–H groups in total. The zero-order valence-corrected chi connectivity index (χ0v) is 15.0. The topological polar surface area (TPSA) is 112 Å². The van der Waals surface area contributed by atoms with Gasteiger partial charge >= 0.3 is 5.69 Å². The average molecular weight is 362 g/mol. The van der Waals surface area contributed by atoms with Gasteiger partial charge in [-0.15, -0.1) is 0 Å². The number of nitro groups is 1. The molecule has 1 aliphatic heterocycles. The highest BCUT2D eigenvalue weighted by molar-refractivity contribution is 5.91. The van der Waals surface area contributed by atoms with Crippen LogP contribution in [0.1, 0.15) is 47.5 Å². The summed E-state index contributed by atoms with van der Waals surface area (Å²) >= 11 is 0. The van der Waals surface area contributed by atoms with Gasteiger partial charge in [0.15, 0.2) is 5.76 Å². The Hall–Kier alpha value is -2.68. The number of amides is 1. The first-order chi connectivity index (χ1) is 12.4. The van der Waals surface area contributed by atoms with Crippen LogP contribution in [-0.4, -0.2) is 39.4 Å². The second-order valence-corrected chi connectivity index (χ2v) is 6.51. The second kappa shape index (κ2) is 7.28. The number of carbonyl (C=O) groups excluding carboxylic acids is 1. The maximum absolute atomic E-state index is 12.3. The summed E-state index contributed by atoms with van der Waals surface area (Å²) in [6.07, 6.45) is 1.97. The Morgan fingerprint density at radius 3 is 2.88 bits per heavy atom. The van der Waals surface area contributed by atoms with E-state index in [1.54, 1.807) is 26.0 Å². The lowest BCUT2D eigenvalue weighted by atomic mass is 10.1. The van der Waals surface area contributed by atoms with Crippen LogP contribution in [0, 0.1) is 24.0 Å². The second-order valence-electron chi connectivity index (χ2n) is 6.51. The van der Waals surface area contributed by atoms with Crippen molar-refractivity contribution in [2.45, 2.75) is 52.3 Å². The van der Waals surface area contributed by atoms with Gasteiger partial charge in [-0.1, -0.05) is 0 Å². The third kappa shape index (κ3) is 3.62. The molecule has 1 amide bonds.